The predicted molar refractivity (Wildman–Crippen MR) is 105 cm³/mol. The Morgan fingerprint density at radius 1 is 1.10 bits per heavy atom. The standard InChI is InChI=1S/C18H11Cl2F4N3O3S/c1-27-15(9-4-10(18(22,23)24)6-12(21)5-9)8-14(25-27)17(28)26-31(29,30)16-7-11(19)2-3-13(16)20/h2-8H,1H3,(H,26,28). The van der Waals surface area contributed by atoms with Crippen LogP contribution in [-0.2, 0) is 23.2 Å². The minimum atomic E-state index is -4.79. The summed E-state index contributed by atoms with van der Waals surface area (Å²) in [6.07, 6.45) is -4.79. The van der Waals surface area contributed by atoms with Gasteiger partial charge in [0.1, 0.15) is 10.7 Å². The molecule has 13 heteroatoms. The normalized spacial score (nSPS) is 12.1. The maximum atomic E-state index is 13.7. The number of aromatic nitrogens is 2. The Bertz CT molecular complexity index is 1290. The van der Waals surface area contributed by atoms with Gasteiger partial charge >= 0.3 is 6.18 Å². The Kier molecular flexibility index (Phi) is 6.05. The zero-order valence-corrected chi connectivity index (χ0v) is 17.7. The van der Waals surface area contributed by atoms with E-state index in [1.54, 1.807) is 4.72 Å². The third kappa shape index (κ3) is 5.00. The van der Waals surface area contributed by atoms with Gasteiger partial charge in [-0.1, -0.05) is 23.2 Å². The van der Waals surface area contributed by atoms with Gasteiger partial charge in [0.05, 0.1) is 16.3 Å². The largest absolute Gasteiger partial charge is 0.416 e. The Balaban J connectivity index is 1.95. The minimum absolute atomic E-state index is 0.0478. The molecule has 0 atom stereocenters. The highest BCUT2D eigenvalue weighted by molar-refractivity contribution is 7.90. The number of carbonyl (C=O) groups is 1. The van der Waals surface area contributed by atoms with Crippen LogP contribution in [0, 0.1) is 5.82 Å². The molecule has 0 fully saturated rings. The van der Waals surface area contributed by atoms with E-state index in [9.17, 15) is 30.8 Å². The van der Waals surface area contributed by atoms with Gasteiger partial charge < -0.3 is 0 Å². The van der Waals surface area contributed by atoms with E-state index in [0.29, 0.717) is 12.1 Å². The summed E-state index contributed by atoms with van der Waals surface area (Å²) in [6, 6.07) is 6.48. The van der Waals surface area contributed by atoms with Gasteiger partial charge in [-0.05, 0) is 42.5 Å². The monoisotopic (exact) mass is 495 g/mol. The fourth-order valence-electron chi connectivity index (χ4n) is 2.66. The van der Waals surface area contributed by atoms with Crippen molar-refractivity contribution in [2.24, 2.45) is 7.05 Å². The number of rotatable bonds is 4. The van der Waals surface area contributed by atoms with Crippen molar-refractivity contribution < 1.29 is 30.8 Å². The number of benzene rings is 2. The predicted octanol–water partition coefficient (Wildman–Crippen LogP) is 4.67. The van der Waals surface area contributed by atoms with E-state index in [2.05, 4.69) is 5.10 Å². The maximum Gasteiger partial charge on any atom is 0.416 e. The minimum Gasteiger partial charge on any atom is -0.267 e. The van der Waals surface area contributed by atoms with Crippen molar-refractivity contribution in [2.45, 2.75) is 11.1 Å². The molecule has 0 aliphatic rings. The molecule has 6 nitrogen and oxygen atoms in total. The van der Waals surface area contributed by atoms with Gasteiger partial charge in [-0.3, -0.25) is 9.48 Å². The Morgan fingerprint density at radius 3 is 2.42 bits per heavy atom. The van der Waals surface area contributed by atoms with Crippen LogP contribution in [0.5, 0.6) is 0 Å². The molecule has 0 spiro atoms. The van der Waals surface area contributed by atoms with Gasteiger partial charge in [0, 0.05) is 17.6 Å². The number of hydrogen-bond donors (Lipinski definition) is 1. The highest BCUT2D eigenvalue weighted by Gasteiger charge is 2.32. The molecule has 3 aromatic rings. The molecule has 1 aromatic heterocycles. The van der Waals surface area contributed by atoms with Gasteiger partial charge in [-0.25, -0.2) is 17.5 Å². The summed E-state index contributed by atoms with van der Waals surface area (Å²) >= 11 is 11.6. The summed E-state index contributed by atoms with van der Waals surface area (Å²) in [5.41, 5.74) is -1.92. The molecule has 0 unspecified atom stereocenters. The molecular formula is C18H11Cl2F4N3O3S. The third-order valence-corrected chi connectivity index (χ3v) is 6.09. The molecule has 1 N–H and O–H groups in total. The summed E-state index contributed by atoms with van der Waals surface area (Å²) in [5, 5.41) is 3.67. The Hall–Kier alpha value is -2.63. The van der Waals surface area contributed by atoms with Crippen molar-refractivity contribution in [3.63, 3.8) is 0 Å². The lowest BCUT2D eigenvalue weighted by Gasteiger charge is -2.09. The number of nitrogens with zero attached hydrogens (tertiary/aromatic N) is 2. The number of hydrogen-bond acceptors (Lipinski definition) is 4. The highest BCUT2D eigenvalue weighted by Crippen LogP contribution is 2.33. The lowest BCUT2D eigenvalue weighted by Crippen LogP contribution is -2.31. The first-order chi connectivity index (χ1) is 14.3. The molecule has 1 heterocycles. The maximum absolute atomic E-state index is 13.7. The molecule has 0 aliphatic heterocycles. The van der Waals surface area contributed by atoms with Gasteiger partial charge in [0.25, 0.3) is 15.9 Å². The summed E-state index contributed by atoms with van der Waals surface area (Å²) < 4.78 is 80.3. The molecule has 31 heavy (non-hydrogen) atoms. The third-order valence-electron chi connectivity index (χ3n) is 4.04. The van der Waals surface area contributed by atoms with Gasteiger partial charge in [0.2, 0.25) is 0 Å². The van der Waals surface area contributed by atoms with Crippen LogP contribution in [0.1, 0.15) is 16.1 Å². The first kappa shape index (κ1) is 23.0. The molecule has 0 bridgehead atoms. The molecule has 0 saturated heterocycles. The van der Waals surface area contributed by atoms with Crippen molar-refractivity contribution in [3.05, 3.63) is 69.6 Å². The zero-order valence-electron chi connectivity index (χ0n) is 15.3. The molecule has 164 valence electrons. The molecule has 2 aromatic carbocycles. The number of nitrogens with one attached hydrogen (secondary N) is 1. The molecule has 0 radical (unpaired) electrons. The Labute approximate surface area is 183 Å². The first-order valence-electron chi connectivity index (χ1n) is 8.22. The molecule has 3 rings (SSSR count). The second kappa shape index (κ2) is 8.13. The van der Waals surface area contributed by atoms with E-state index < -0.39 is 44.1 Å². The number of alkyl halides is 3. The average molecular weight is 496 g/mol. The van der Waals surface area contributed by atoms with Gasteiger partial charge in [-0.15, -0.1) is 0 Å². The topological polar surface area (TPSA) is 81.1 Å². The smallest absolute Gasteiger partial charge is 0.267 e. The van der Waals surface area contributed by atoms with Crippen molar-refractivity contribution in [1.29, 1.82) is 0 Å². The molecule has 1 amide bonds. The second-order valence-electron chi connectivity index (χ2n) is 6.27. The first-order valence-corrected chi connectivity index (χ1v) is 10.5. The summed E-state index contributed by atoms with van der Waals surface area (Å²) in [4.78, 5) is 12.0. The van der Waals surface area contributed by atoms with Crippen LogP contribution in [0.4, 0.5) is 17.6 Å². The molecule has 0 aliphatic carbocycles. The van der Waals surface area contributed by atoms with E-state index in [1.165, 1.54) is 19.2 Å². The zero-order chi connectivity index (χ0) is 23.1. The number of halogens is 6. The van der Waals surface area contributed by atoms with E-state index in [-0.39, 0.29) is 21.3 Å². The van der Waals surface area contributed by atoms with Crippen molar-refractivity contribution in [3.8, 4) is 11.3 Å². The van der Waals surface area contributed by atoms with E-state index in [1.807, 2.05) is 0 Å². The quantitative estimate of drug-likeness (QED) is 0.533. The average Bonchev–Trinajstić information content (AvgIpc) is 3.04. The summed E-state index contributed by atoms with van der Waals surface area (Å²) in [6.45, 7) is 0. The number of carbonyl (C=O) groups excluding carboxylic acids is 1. The SMILES string of the molecule is Cn1nc(C(=O)NS(=O)(=O)c2cc(Cl)ccc2Cl)cc1-c1cc(F)cc(C(F)(F)F)c1. The van der Waals surface area contributed by atoms with Crippen molar-refractivity contribution in [2.75, 3.05) is 0 Å². The van der Waals surface area contributed by atoms with E-state index in [0.717, 1.165) is 22.9 Å². The number of amides is 1. The van der Waals surface area contributed by atoms with Crippen LogP contribution in [0.2, 0.25) is 10.0 Å². The van der Waals surface area contributed by atoms with Crippen LogP contribution in [0.15, 0.2) is 47.4 Å². The molecular weight excluding hydrogens is 485 g/mol. The van der Waals surface area contributed by atoms with Crippen LogP contribution < -0.4 is 4.72 Å². The van der Waals surface area contributed by atoms with Gasteiger partial charge in [-0.2, -0.15) is 18.3 Å². The fraction of sp³-hybridized carbons (Fsp3) is 0.111. The lowest BCUT2D eigenvalue weighted by molar-refractivity contribution is -0.137. The summed E-state index contributed by atoms with van der Waals surface area (Å²) in [7, 11) is -3.14. The molecule has 0 saturated carbocycles. The van der Waals surface area contributed by atoms with E-state index in [4.69, 9.17) is 23.2 Å². The lowest BCUT2D eigenvalue weighted by atomic mass is 10.1. The number of aryl methyl sites for hydroxylation is 1. The highest BCUT2D eigenvalue weighted by atomic mass is 35.5. The van der Waals surface area contributed by atoms with E-state index >= 15 is 0 Å². The second-order valence-corrected chi connectivity index (χ2v) is 8.77. The Morgan fingerprint density at radius 2 is 1.77 bits per heavy atom. The van der Waals surface area contributed by atoms with Crippen LogP contribution in [0.3, 0.4) is 0 Å². The van der Waals surface area contributed by atoms with Crippen LogP contribution in [0.25, 0.3) is 11.3 Å². The van der Waals surface area contributed by atoms with Crippen molar-refractivity contribution in [1.82, 2.24) is 14.5 Å². The fourth-order valence-corrected chi connectivity index (χ4v) is 4.39. The van der Waals surface area contributed by atoms with Crippen LogP contribution in [-0.4, -0.2) is 24.1 Å². The summed E-state index contributed by atoms with van der Waals surface area (Å²) in [5.74, 6) is -2.32. The van der Waals surface area contributed by atoms with Crippen LogP contribution >= 0.6 is 23.2 Å². The van der Waals surface area contributed by atoms with Gasteiger partial charge in [0.15, 0.2) is 5.69 Å². The van der Waals surface area contributed by atoms with Crippen molar-refractivity contribution >= 4 is 39.1 Å². The number of sulfonamides is 1.